The third-order valence-corrected chi connectivity index (χ3v) is 10.8. The average molecular weight is 672 g/mol. The Balaban J connectivity index is 1.19. The van der Waals surface area contributed by atoms with Gasteiger partial charge in [-0.1, -0.05) is 122 Å². The first kappa shape index (κ1) is 30.4. The molecule has 3 heterocycles. The molecule has 0 amide bonds. The highest BCUT2D eigenvalue weighted by molar-refractivity contribution is 6.15. The number of fused-ring (bicyclic) bond motifs is 6. The Morgan fingerprint density at radius 3 is 2.04 bits per heavy atom. The van der Waals surface area contributed by atoms with Gasteiger partial charge in [-0.05, 0) is 72.0 Å². The largest absolute Gasteiger partial charge is 0.333 e. The molecule has 1 aliphatic heterocycles. The van der Waals surface area contributed by atoms with Gasteiger partial charge in [0.2, 0.25) is 0 Å². The van der Waals surface area contributed by atoms with Crippen molar-refractivity contribution in [3.63, 3.8) is 0 Å². The molecule has 2 atom stereocenters. The Kier molecular flexibility index (Phi) is 7.07. The molecule has 52 heavy (non-hydrogen) atoms. The Hall–Kier alpha value is -6.46. The van der Waals surface area contributed by atoms with Crippen LogP contribution >= 0.6 is 0 Å². The fourth-order valence-electron chi connectivity index (χ4n) is 8.34. The van der Waals surface area contributed by atoms with Crippen LogP contribution in [0.2, 0.25) is 0 Å². The van der Waals surface area contributed by atoms with E-state index in [-0.39, 0.29) is 6.17 Å². The fourth-order valence-corrected chi connectivity index (χ4v) is 8.34. The van der Waals surface area contributed by atoms with Crippen molar-refractivity contribution in [1.29, 1.82) is 0 Å². The number of para-hydroxylation sites is 2. The lowest BCUT2D eigenvalue weighted by molar-refractivity contribution is 0.383. The second-order valence-electron chi connectivity index (χ2n) is 13.9. The first-order chi connectivity index (χ1) is 25.6. The molecule has 5 heteroatoms. The van der Waals surface area contributed by atoms with E-state index in [0.29, 0.717) is 5.92 Å². The molecule has 0 saturated carbocycles. The molecule has 2 aliphatic rings. The van der Waals surface area contributed by atoms with Gasteiger partial charge in [0.05, 0.1) is 16.6 Å². The molecule has 0 spiro atoms. The third kappa shape index (κ3) is 4.77. The average Bonchev–Trinajstić information content (AvgIpc) is 3.71. The van der Waals surface area contributed by atoms with Gasteiger partial charge in [0.25, 0.3) is 0 Å². The normalized spacial score (nSPS) is 17.1. The molecule has 6 aromatic carbocycles. The van der Waals surface area contributed by atoms with E-state index in [2.05, 4.69) is 168 Å². The summed E-state index contributed by atoms with van der Waals surface area (Å²) >= 11 is 0. The Bertz CT molecular complexity index is 2730. The summed E-state index contributed by atoms with van der Waals surface area (Å²) in [7, 11) is 2.10. The highest BCUT2D eigenvalue weighted by atomic mass is 15.3. The van der Waals surface area contributed by atoms with Crippen molar-refractivity contribution in [2.45, 2.75) is 25.4 Å². The van der Waals surface area contributed by atoms with Crippen LogP contribution in [-0.4, -0.2) is 32.8 Å². The standard InChI is InChI=1S/C47H37N5/c1-31-16-14-27-41-44(31)39-29-38-37-25-12-13-26-40(37)52(42(38)30-43(39)51(41)35-22-10-5-11-23-35)36-24-15-21-34(28-36)47-49-45(32-17-6-3-7-18-32)48-46(50(47)2)33-19-8-4-9-20-33/h3-15,17-31,47H,16H2,1-2H3. The molecule has 0 bridgehead atoms. The molecule has 8 aromatic rings. The van der Waals surface area contributed by atoms with Gasteiger partial charge in [-0.3, -0.25) is 0 Å². The molecule has 0 saturated heterocycles. The van der Waals surface area contributed by atoms with Crippen LogP contribution in [-0.2, 0) is 0 Å². The molecule has 1 aliphatic carbocycles. The van der Waals surface area contributed by atoms with E-state index in [0.717, 1.165) is 40.5 Å². The molecule has 0 N–H and O–H groups in total. The van der Waals surface area contributed by atoms with Crippen molar-refractivity contribution in [3.05, 3.63) is 186 Å². The second-order valence-corrected chi connectivity index (χ2v) is 13.9. The van der Waals surface area contributed by atoms with Gasteiger partial charge in [-0.25, -0.2) is 9.98 Å². The van der Waals surface area contributed by atoms with Crippen molar-refractivity contribution >= 4 is 50.5 Å². The van der Waals surface area contributed by atoms with Crippen molar-refractivity contribution in [1.82, 2.24) is 14.0 Å². The van der Waals surface area contributed by atoms with Crippen molar-refractivity contribution in [2.24, 2.45) is 9.98 Å². The minimum atomic E-state index is -0.266. The Morgan fingerprint density at radius 1 is 0.577 bits per heavy atom. The predicted octanol–water partition coefficient (Wildman–Crippen LogP) is 11.1. The number of hydrogen-bond acceptors (Lipinski definition) is 3. The van der Waals surface area contributed by atoms with Crippen molar-refractivity contribution in [3.8, 4) is 11.4 Å². The van der Waals surface area contributed by atoms with E-state index in [1.807, 2.05) is 24.3 Å². The van der Waals surface area contributed by atoms with E-state index < -0.39 is 0 Å². The minimum absolute atomic E-state index is 0.266. The molecule has 2 unspecified atom stereocenters. The summed E-state index contributed by atoms with van der Waals surface area (Å²) < 4.78 is 4.89. The summed E-state index contributed by atoms with van der Waals surface area (Å²) in [5.41, 5.74) is 11.8. The number of hydrogen-bond donors (Lipinski definition) is 0. The van der Waals surface area contributed by atoms with Crippen LogP contribution in [0.15, 0.2) is 168 Å². The SMILES string of the molecule is CC1CC=Cc2c1c1cc3c4ccccc4n(-c4cccc(C5N=C(c6ccccc6)N=C(c6ccccc6)N5C)c4)c3cc1n2-c1ccccc1. The van der Waals surface area contributed by atoms with Gasteiger partial charge < -0.3 is 14.0 Å². The molecule has 2 aromatic heterocycles. The highest BCUT2D eigenvalue weighted by Crippen LogP contribution is 2.43. The Labute approximate surface area is 303 Å². The summed E-state index contributed by atoms with van der Waals surface area (Å²) in [5, 5.41) is 3.85. The van der Waals surface area contributed by atoms with Crippen molar-refractivity contribution in [2.75, 3.05) is 7.05 Å². The third-order valence-electron chi connectivity index (χ3n) is 10.8. The van der Waals surface area contributed by atoms with Gasteiger partial charge >= 0.3 is 0 Å². The topological polar surface area (TPSA) is 37.8 Å². The van der Waals surface area contributed by atoms with E-state index in [9.17, 15) is 0 Å². The first-order valence-corrected chi connectivity index (χ1v) is 18.1. The lowest BCUT2D eigenvalue weighted by Gasteiger charge is -2.32. The first-order valence-electron chi connectivity index (χ1n) is 18.1. The van der Waals surface area contributed by atoms with Crippen LogP contribution in [0.4, 0.5) is 0 Å². The molecule has 5 nitrogen and oxygen atoms in total. The number of allylic oxidation sites excluding steroid dienone is 1. The van der Waals surface area contributed by atoms with E-state index >= 15 is 0 Å². The minimum Gasteiger partial charge on any atom is -0.333 e. The summed E-state index contributed by atoms with van der Waals surface area (Å²) in [6, 6.07) is 54.1. The van der Waals surface area contributed by atoms with E-state index in [4.69, 9.17) is 9.98 Å². The zero-order valence-corrected chi connectivity index (χ0v) is 29.2. The second kappa shape index (κ2) is 12.1. The van der Waals surface area contributed by atoms with Crippen LogP contribution < -0.4 is 0 Å². The van der Waals surface area contributed by atoms with Gasteiger partial charge in [0.1, 0.15) is 5.84 Å². The maximum Gasteiger partial charge on any atom is 0.159 e. The molecular formula is C47H37N5. The lowest BCUT2D eigenvalue weighted by Crippen LogP contribution is -2.35. The quantitative estimate of drug-likeness (QED) is 0.179. The van der Waals surface area contributed by atoms with E-state index in [1.54, 1.807) is 0 Å². The smallest absolute Gasteiger partial charge is 0.159 e. The van der Waals surface area contributed by atoms with Crippen molar-refractivity contribution < 1.29 is 0 Å². The van der Waals surface area contributed by atoms with E-state index in [1.165, 1.54) is 49.7 Å². The predicted molar refractivity (Wildman–Crippen MR) is 216 cm³/mol. The highest BCUT2D eigenvalue weighted by Gasteiger charge is 2.28. The van der Waals surface area contributed by atoms with Crippen LogP contribution in [0.1, 0.15) is 53.4 Å². The maximum absolute atomic E-state index is 5.29. The zero-order valence-electron chi connectivity index (χ0n) is 29.2. The number of rotatable bonds is 5. The number of aliphatic imine (C=N–C) groups is 2. The Morgan fingerprint density at radius 2 is 1.25 bits per heavy atom. The number of nitrogens with zero attached hydrogens (tertiary/aromatic N) is 5. The lowest BCUT2D eigenvalue weighted by atomic mass is 9.90. The molecule has 0 radical (unpaired) electrons. The van der Waals surface area contributed by atoms with Crippen LogP contribution in [0.3, 0.4) is 0 Å². The summed E-state index contributed by atoms with van der Waals surface area (Å²) in [5.74, 6) is 2.08. The maximum atomic E-state index is 5.29. The molecule has 0 fully saturated rings. The molecule has 250 valence electrons. The van der Waals surface area contributed by atoms with Crippen LogP contribution in [0.5, 0.6) is 0 Å². The monoisotopic (exact) mass is 671 g/mol. The fraction of sp³-hybridized carbons (Fsp3) is 0.106. The molecule has 10 rings (SSSR count). The summed E-state index contributed by atoms with van der Waals surface area (Å²) in [4.78, 5) is 12.6. The summed E-state index contributed by atoms with van der Waals surface area (Å²) in [6.07, 6.45) is 5.43. The van der Waals surface area contributed by atoms with Gasteiger partial charge in [0.15, 0.2) is 12.0 Å². The van der Waals surface area contributed by atoms with Gasteiger partial charge in [0, 0.05) is 51.4 Å². The molecular weight excluding hydrogens is 635 g/mol. The number of benzene rings is 6. The van der Waals surface area contributed by atoms with Gasteiger partial charge in [-0.2, -0.15) is 0 Å². The number of aromatic nitrogens is 2. The van der Waals surface area contributed by atoms with Crippen LogP contribution in [0, 0.1) is 0 Å². The zero-order chi connectivity index (χ0) is 34.8. The van der Waals surface area contributed by atoms with Crippen LogP contribution in [0.25, 0.3) is 50.2 Å². The summed E-state index contributed by atoms with van der Waals surface area (Å²) in [6.45, 7) is 2.36. The van der Waals surface area contributed by atoms with Gasteiger partial charge in [-0.15, -0.1) is 0 Å². The number of amidine groups is 2.